The number of amides is 1. The summed E-state index contributed by atoms with van der Waals surface area (Å²) in [5.74, 6) is -1.14. The predicted octanol–water partition coefficient (Wildman–Crippen LogP) is 0.0640. The largest absolute Gasteiger partial charge is 0.481 e. The zero-order valence-corrected chi connectivity index (χ0v) is 10.0. The van der Waals surface area contributed by atoms with E-state index in [1.54, 1.807) is 6.07 Å². The first-order valence-corrected chi connectivity index (χ1v) is 5.41. The molecule has 0 aliphatic rings. The van der Waals surface area contributed by atoms with Crippen molar-refractivity contribution in [2.75, 3.05) is 19.8 Å². The molecule has 100 valence electrons. The van der Waals surface area contributed by atoms with Crippen molar-refractivity contribution in [3.8, 4) is 5.75 Å². The molecule has 0 unspecified atom stereocenters. The number of ether oxygens (including phenoxy) is 1. The number of carbonyl (C=O) groups excluding carboxylic acids is 1. The maximum Gasteiger partial charge on any atom is 0.258 e. The average molecular weight is 257 g/mol. The minimum absolute atomic E-state index is 0.0256. The number of hydrogen-bond donors (Lipinski definition) is 3. The van der Waals surface area contributed by atoms with Crippen LogP contribution in [0.25, 0.3) is 0 Å². The van der Waals surface area contributed by atoms with Crippen molar-refractivity contribution in [3.05, 3.63) is 30.1 Å². The molecule has 0 bridgehead atoms. The van der Waals surface area contributed by atoms with Crippen LogP contribution < -0.4 is 10.1 Å². The van der Waals surface area contributed by atoms with Crippen LogP contribution in [0.3, 0.4) is 0 Å². The molecule has 0 aliphatic carbocycles. The van der Waals surface area contributed by atoms with Crippen molar-refractivity contribution >= 4 is 5.91 Å². The van der Waals surface area contributed by atoms with Crippen molar-refractivity contribution in [2.24, 2.45) is 0 Å². The average Bonchev–Trinajstić information content (AvgIpc) is 2.37. The molecule has 0 heterocycles. The van der Waals surface area contributed by atoms with Gasteiger partial charge in [-0.15, -0.1) is 0 Å². The molecule has 0 radical (unpaired) electrons. The van der Waals surface area contributed by atoms with Gasteiger partial charge < -0.3 is 20.3 Å². The van der Waals surface area contributed by atoms with Crippen molar-refractivity contribution < 1.29 is 24.1 Å². The molecule has 5 nitrogen and oxygen atoms in total. The molecule has 1 rings (SSSR count). The Morgan fingerprint density at radius 1 is 1.39 bits per heavy atom. The summed E-state index contributed by atoms with van der Waals surface area (Å²) < 4.78 is 18.2. The number of benzene rings is 1. The van der Waals surface area contributed by atoms with Crippen LogP contribution in [0.5, 0.6) is 5.75 Å². The van der Waals surface area contributed by atoms with Crippen molar-refractivity contribution in [1.29, 1.82) is 0 Å². The van der Waals surface area contributed by atoms with Gasteiger partial charge in [-0.25, -0.2) is 4.39 Å². The van der Waals surface area contributed by atoms with Gasteiger partial charge in [0.15, 0.2) is 18.2 Å². The van der Waals surface area contributed by atoms with Gasteiger partial charge in [-0.05, 0) is 19.1 Å². The van der Waals surface area contributed by atoms with Crippen LogP contribution in [-0.4, -0.2) is 41.5 Å². The summed E-state index contributed by atoms with van der Waals surface area (Å²) in [6, 6.07) is 5.72. The molecule has 1 aromatic carbocycles. The molecular formula is C12H16FNO4. The van der Waals surface area contributed by atoms with Crippen molar-refractivity contribution in [3.63, 3.8) is 0 Å². The molecule has 1 amide bonds. The van der Waals surface area contributed by atoms with Gasteiger partial charge in [0.1, 0.15) is 0 Å². The van der Waals surface area contributed by atoms with Gasteiger partial charge in [-0.2, -0.15) is 0 Å². The zero-order chi connectivity index (χ0) is 13.6. The first-order valence-electron chi connectivity index (χ1n) is 5.41. The Balaban J connectivity index is 2.50. The van der Waals surface area contributed by atoms with E-state index in [1.807, 2.05) is 0 Å². The second-order valence-corrected chi connectivity index (χ2v) is 4.14. The highest BCUT2D eigenvalue weighted by molar-refractivity contribution is 5.78. The van der Waals surface area contributed by atoms with Gasteiger partial charge in [-0.1, -0.05) is 12.1 Å². The zero-order valence-electron chi connectivity index (χ0n) is 10.0. The Kier molecular flexibility index (Phi) is 5.06. The molecule has 6 heteroatoms. The number of aliphatic hydroxyl groups is 2. The van der Waals surface area contributed by atoms with Gasteiger partial charge in [0, 0.05) is 0 Å². The fourth-order valence-electron chi connectivity index (χ4n) is 1.21. The van der Waals surface area contributed by atoms with E-state index in [2.05, 4.69) is 5.32 Å². The van der Waals surface area contributed by atoms with E-state index >= 15 is 0 Å². The molecule has 18 heavy (non-hydrogen) atoms. The summed E-state index contributed by atoms with van der Waals surface area (Å²) >= 11 is 0. The molecule has 1 aromatic rings. The third-order valence-corrected chi connectivity index (χ3v) is 2.33. The van der Waals surface area contributed by atoms with E-state index in [-0.39, 0.29) is 5.75 Å². The van der Waals surface area contributed by atoms with Crippen LogP contribution in [0, 0.1) is 5.82 Å². The molecule has 0 spiro atoms. The minimum atomic E-state index is -1.12. The highest BCUT2D eigenvalue weighted by Gasteiger charge is 2.24. The maximum atomic E-state index is 13.2. The number of carbonyl (C=O) groups is 1. The fourth-order valence-corrected chi connectivity index (χ4v) is 1.21. The number of aliphatic hydroxyl groups excluding tert-OH is 2. The van der Waals surface area contributed by atoms with Crippen LogP contribution in [0.1, 0.15) is 6.92 Å². The van der Waals surface area contributed by atoms with E-state index in [0.717, 1.165) is 0 Å². The number of rotatable bonds is 6. The lowest BCUT2D eigenvalue weighted by molar-refractivity contribution is -0.126. The van der Waals surface area contributed by atoms with Gasteiger partial charge in [0.05, 0.1) is 18.8 Å². The lowest BCUT2D eigenvalue weighted by Gasteiger charge is -2.26. The van der Waals surface area contributed by atoms with Gasteiger partial charge in [0.2, 0.25) is 0 Å². The topological polar surface area (TPSA) is 78.8 Å². The Bertz CT molecular complexity index is 407. The van der Waals surface area contributed by atoms with E-state index in [0.29, 0.717) is 0 Å². The summed E-state index contributed by atoms with van der Waals surface area (Å²) in [5, 5.41) is 20.4. The molecule has 0 fully saturated rings. The first kappa shape index (κ1) is 14.4. The smallest absolute Gasteiger partial charge is 0.258 e. The number of hydrogen-bond acceptors (Lipinski definition) is 4. The van der Waals surface area contributed by atoms with Crippen LogP contribution in [-0.2, 0) is 4.79 Å². The molecule has 0 atom stereocenters. The molecular weight excluding hydrogens is 241 g/mol. The van der Waals surface area contributed by atoms with Crippen LogP contribution in [0.2, 0.25) is 0 Å². The standard InChI is InChI=1S/C12H16FNO4/c1-12(7-15,8-16)14-11(17)6-18-10-5-3-2-4-9(10)13/h2-5,15-16H,6-8H2,1H3,(H,14,17). The first-order chi connectivity index (χ1) is 8.50. The summed E-state index contributed by atoms with van der Waals surface area (Å²) in [7, 11) is 0. The Labute approximate surface area is 104 Å². The highest BCUT2D eigenvalue weighted by Crippen LogP contribution is 2.15. The number of nitrogens with one attached hydrogen (secondary N) is 1. The third-order valence-electron chi connectivity index (χ3n) is 2.33. The fraction of sp³-hybridized carbons (Fsp3) is 0.417. The van der Waals surface area contributed by atoms with E-state index < -0.39 is 37.1 Å². The quantitative estimate of drug-likeness (QED) is 0.673. The van der Waals surface area contributed by atoms with E-state index in [4.69, 9.17) is 14.9 Å². The van der Waals surface area contributed by atoms with E-state index in [1.165, 1.54) is 25.1 Å². The normalized spacial score (nSPS) is 11.1. The lowest BCUT2D eigenvalue weighted by atomic mass is 10.1. The highest BCUT2D eigenvalue weighted by atomic mass is 19.1. The Morgan fingerprint density at radius 2 is 2.00 bits per heavy atom. The molecule has 0 saturated heterocycles. The second-order valence-electron chi connectivity index (χ2n) is 4.14. The van der Waals surface area contributed by atoms with Gasteiger partial charge in [-0.3, -0.25) is 4.79 Å². The predicted molar refractivity (Wildman–Crippen MR) is 62.6 cm³/mol. The summed E-state index contributed by atoms with van der Waals surface area (Å²) in [5.41, 5.74) is -1.12. The minimum Gasteiger partial charge on any atom is -0.481 e. The summed E-state index contributed by atoms with van der Waals surface area (Å²) in [6.45, 7) is 0.272. The third kappa shape index (κ3) is 3.97. The lowest BCUT2D eigenvalue weighted by Crippen LogP contribution is -2.53. The number of halogens is 1. The van der Waals surface area contributed by atoms with Crippen LogP contribution >= 0.6 is 0 Å². The molecule has 0 saturated carbocycles. The van der Waals surface area contributed by atoms with E-state index in [9.17, 15) is 9.18 Å². The summed E-state index contributed by atoms with van der Waals surface area (Å²) in [4.78, 5) is 11.5. The maximum absolute atomic E-state index is 13.2. The molecule has 3 N–H and O–H groups in total. The second kappa shape index (κ2) is 6.32. The Morgan fingerprint density at radius 3 is 2.56 bits per heavy atom. The van der Waals surface area contributed by atoms with Crippen molar-refractivity contribution in [1.82, 2.24) is 5.32 Å². The van der Waals surface area contributed by atoms with Crippen molar-refractivity contribution in [2.45, 2.75) is 12.5 Å². The summed E-state index contributed by atoms with van der Waals surface area (Å²) in [6.07, 6.45) is 0. The van der Waals surface area contributed by atoms with Gasteiger partial charge in [0.25, 0.3) is 5.91 Å². The molecule has 0 aliphatic heterocycles. The SMILES string of the molecule is CC(CO)(CO)NC(=O)COc1ccccc1F. The molecule has 0 aromatic heterocycles. The number of para-hydroxylation sites is 1. The van der Waals surface area contributed by atoms with Crippen LogP contribution in [0.15, 0.2) is 24.3 Å². The van der Waals surface area contributed by atoms with Gasteiger partial charge >= 0.3 is 0 Å². The Hall–Kier alpha value is -1.66. The monoisotopic (exact) mass is 257 g/mol. The van der Waals surface area contributed by atoms with Crippen LogP contribution in [0.4, 0.5) is 4.39 Å².